The van der Waals surface area contributed by atoms with Gasteiger partial charge in [-0.3, -0.25) is 0 Å². The molecule has 0 N–H and O–H groups in total. The molecule has 2 aromatic heterocycles. The van der Waals surface area contributed by atoms with E-state index in [1.54, 1.807) is 0 Å². The Labute approximate surface area is 256 Å². The SMILES string of the molecule is C1=Cc2c(n(-c3cccc(-c4ccccc4)c3)c3ccc(-c4ccc5c6ccccc6n(-c6ccccc6)c5c4)cc23)CC1. The van der Waals surface area contributed by atoms with Crippen molar-refractivity contribution in [1.29, 1.82) is 0 Å². The summed E-state index contributed by atoms with van der Waals surface area (Å²) in [6.45, 7) is 0. The molecule has 0 saturated carbocycles. The summed E-state index contributed by atoms with van der Waals surface area (Å²) < 4.78 is 4.88. The zero-order chi connectivity index (χ0) is 29.0. The first-order chi connectivity index (χ1) is 21.8. The number of aromatic nitrogens is 2. The van der Waals surface area contributed by atoms with Crippen molar-refractivity contribution in [1.82, 2.24) is 9.13 Å². The van der Waals surface area contributed by atoms with Crippen molar-refractivity contribution < 1.29 is 0 Å². The van der Waals surface area contributed by atoms with E-state index in [2.05, 4.69) is 167 Å². The molecule has 2 nitrogen and oxygen atoms in total. The first kappa shape index (κ1) is 24.9. The number of fused-ring (bicyclic) bond motifs is 6. The second-order valence-corrected chi connectivity index (χ2v) is 11.7. The van der Waals surface area contributed by atoms with Crippen molar-refractivity contribution >= 4 is 38.8 Å². The van der Waals surface area contributed by atoms with Crippen LogP contribution in [0.5, 0.6) is 0 Å². The molecule has 1 aliphatic rings. The summed E-state index contributed by atoms with van der Waals surface area (Å²) in [7, 11) is 0. The van der Waals surface area contributed by atoms with E-state index >= 15 is 0 Å². The van der Waals surface area contributed by atoms with Crippen LogP contribution < -0.4 is 0 Å². The lowest BCUT2D eigenvalue weighted by Crippen LogP contribution is -2.03. The van der Waals surface area contributed by atoms with Gasteiger partial charge in [0.05, 0.1) is 16.6 Å². The molecule has 0 amide bonds. The summed E-state index contributed by atoms with van der Waals surface area (Å²) in [5.41, 5.74) is 13.8. The Hall–Kier alpha value is -5.60. The maximum Gasteiger partial charge on any atom is 0.0547 e. The van der Waals surface area contributed by atoms with E-state index in [1.165, 1.54) is 77.6 Å². The molecule has 2 heterocycles. The second kappa shape index (κ2) is 10.00. The van der Waals surface area contributed by atoms with E-state index in [-0.39, 0.29) is 0 Å². The average molecular weight is 563 g/mol. The first-order valence-electron chi connectivity index (χ1n) is 15.4. The van der Waals surface area contributed by atoms with Crippen molar-refractivity contribution in [3.8, 4) is 33.6 Å². The Balaban J connectivity index is 1.23. The number of hydrogen-bond acceptors (Lipinski definition) is 0. The number of allylic oxidation sites excluding steroid dienone is 1. The Morgan fingerprint density at radius 3 is 1.95 bits per heavy atom. The largest absolute Gasteiger partial charge is 0.313 e. The predicted molar refractivity (Wildman–Crippen MR) is 186 cm³/mol. The Morgan fingerprint density at radius 2 is 1.07 bits per heavy atom. The van der Waals surface area contributed by atoms with Crippen molar-refractivity contribution in [2.45, 2.75) is 12.8 Å². The summed E-state index contributed by atoms with van der Waals surface area (Å²) in [6, 6.07) is 53.0. The molecule has 1 aliphatic carbocycles. The van der Waals surface area contributed by atoms with Gasteiger partial charge in [0.15, 0.2) is 0 Å². The fourth-order valence-corrected chi connectivity index (χ4v) is 7.16. The number of nitrogens with zero attached hydrogens (tertiary/aromatic N) is 2. The molecule has 9 rings (SSSR count). The molecule has 0 bridgehead atoms. The smallest absolute Gasteiger partial charge is 0.0547 e. The molecular formula is C42H30N2. The number of rotatable bonds is 4. The Morgan fingerprint density at radius 1 is 0.409 bits per heavy atom. The highest BCUT2D eigenvalue weighted by molar-refractivity contribution is 6.10. The number of para-hydroxylation sites is 2. The standard InChI is InChI=1S/C42H30N2/c1-3-12-29(13-4-1)30-14-11-17-34(26-30)44-40-21-10-8-19-36(40)38-27-31(23-25-41(38)44)32-22-24-37-35-18-7-9-20-39(35)43(42(37)28-32)33-15-5-2-6-16-33/h1-9,11-20,22-28H,10,21H2. The van der Waals surface area contributed by atoms with E-state index in [0.717, 1.165) is 12.8 Å². The monoisotopic (exact) mass is 562 g/mol. The topological polar surface area (TPSA) is 9.86 Å². The summed E-state index contributed by atoms with van der Waals surface area (Å²) >= 11 is 0. The minimum atomic E-state index is 1.04. The average Bonchev–Trinajstić information content (AvgIpc) is 3.61. The summed E-state index contributed by atoms with van der Waals surface area (Å²) in [6.07, 6.45) is 6.76. The van der Waals surface area contributed by atoms with Crippen LogP contribution in [0, 0.1) is 0 Å². The number of benzene rings is 6. The molecule has 0 spiro atoms. The van der Waals surface area contributed by atoms with Gasteiger partial charge in [0.1, 0.15) is 0 Å². The van der Waals surface area contributed by atoms with Crippen LogP contribution in [0.3, 0.4) is 0 Å². The molecule has 208 valence electrons. The molecule has 0 fully saturated rings. The van der Waals surface area contributed by atoms with Crippen molar-refractivity contribution in [3.05, 3.63) is 163 Å². The highest BCUT2D eigenvalue weighted by Gasteiger charge is 2.20. The van der Waals surface area contributed by atoms with Crippen LogP contribution >= 0.6 is 0 Å². The molecule has 0 unspecified atom stereocenters. The minimum absolute atomic E-state index is 1.04. The van der Waals surface area contributed by atoms with Crippen LogP contribution in [0.4, 0.5) is 0 Å². The lowest BCUT2D eigenvalue weighted by atomic mass is 9.98. The summed E-state index contributed by atoms with van der Waals surface area (Å²) in [4.78, 5) is 0. The van der Waals surface area contributed by atoms with Crippen LogP contribution in [0.1, 0.15) is 17.7 Å². The van der Waals surface area contributed by atoms with Crippen LogP contribution in [0.25, 0.3) is 72.4 Å². The normalized spacial score (nSPS) is 12.7. The fraction of sp³-hybridized carbons (Fsp3) is 0.0476. The predicted octanol–water partition coefficient (Wildman–Crippen LogP) is 11.0. The zero-order valence-corrected chi connectivity index (χ0v) is 24.3. The quantitative estimate of drug-likeness (QED) is 0.202. The third-order valence-electron chi connectivity index (χ3n) is 9.17. The van der Waals surface area contributed by atoms with E-state index in [1.807, 2.05) is 0 Å². The van der Waals surface area contributed by atoms with Gasteiger partial charge in [-0.25, -0.2) is 0 Å². The highest BCUT2D eigenvalue weighted by Crippen LogP contribution is 2.39. The molecule has 0 saturated heterocycles. The molecule has 2 heteroatoms. The van der Waals surface area contributed by atoms with Gasteiger partial charge >= 0.3 is 0 Å². The van der Waals surface area contributed by atoms with Gasteiger partial charge in [0.2, 0.25) is 0 Å². The third kappa shape index (κ3) is 3.88. The van der Waals surface area contributed by atoms with Gasteiger partial charge in [0, 0.05) is 38.8 Å². The van der Waals surface area contributed by atoms with Gasteiger partial charge in [-0.2, -0.15) is 0 Å². The Kier molecular flexibility index (Phi) is 5.67. The molecular weight excluding hydrogens is 532 g/mol. The van der Waals surface area contributed by atoms with Crippen molar-refractivity contribution in [3.63, 3.8) is 0 Å². The van der Waals surface area contributed by atoms with E-state index < -0.39 is 0 Å². The zero-order valence-electron chi connectivity index (χ0n) is 24.3. The van der Waals surface area contributed by atoms with Gasteiger partial charge in [-0.05, 0) is 83.6 Å². The molecule has 8 aromatic rings. The lowest BCUT2D eigenvalue weighted by molar-refractivity contribution is 0.889. The van der Waals surface area contributed by atoms with Gasteiger partial charge in [-0.15, -0.1) is 0 Å². The number of hydrogen-bond donors (Lipinski definition) is 0. The van der Waals surface area contributed by atoms with E-state index in [4.69, 9.17) is 0 Å². The van der Waals surface area contributed by atoms with Crippen molar-refractivity contribution in [2.75, 3.05) is 0 Å². The van der Waals surface area contributed by atoms with Crippen LogP contribution in [0.15, 0.2) is 152 Å². The maximum atomic E-state index is 2.49. The highest BCUT2D eigenvalue weighted by atomic mass is 15.0. The lowest BCUT2D eigenvalue weighted by Gasteiger charge is -2.14. The van der Waals surface area contributed by atoms with Crippen LogP contribution in [0.2, 0.25) is 0 Å². The fourth-order valence-electron chi connectivity index (χ4n) is 7.16. The molecule has 0 atom stereocenters. The van der Waals surface area contributed by atoms with Gasteiger partial charge < -0.3 is 9.13 Å². The van der Waals surface area contributed by atoms with Crippen LogP contribution in [-0.2, 0) is 6.42 Å². The summed E-state index contributed by atoms with van der Waals surface area (Å²) in [5.74, 6) is 0. The molecule has 0 radical (unpaired) electrons. The second-order valence-electron chi connectivity index (χ2n) is 11.7. The maximum absolute atomic E-state index is 2.49. The molecule has 6 aromatic carbocycles. The first-order valence-corrected chi connectivity index (χ1v) is 15.4. The van der Waals surface area contributed by atoms with E-state index in [0.29, 0.717) is 0 Å². The van der Waals surface area contributed by atoms with E-state index in [9.17, 15) is 0 Å². The van der Waals surface area contributed by atoms with Gasteiger partial charge in [-0.1, -0.05) is 109 Å². The minimum Gasteiger partial charge on any atom is -0.313 e. The van der Waals surface area contributed by atoms with Gasteiger partial charge in [0.25, 0.3) is 0 Å². The molecule has 0 aliphatic heterocycles. The third-order valence-corrected chi connectivity index (χ3v) is 9.17. The van der Waals surface area contributed by atoms with Crippen molar-refractivity contribution in [2.24, 2.45) is 0 Å². The Bertz CT molecular complexity index is 2370. The van der Waals surface area contributed by atoms with Crippen LogP contribution in [-0.4, -0.2) is 9.13 Å². The summed E-state index contributed by atoms with van der Waals surface area (Å²) in [5, 5.41) is 3.86. The molecule has 44 heavy (non-hydrogen) atoms.